The van der Waals surface area contributed by atoms with Gasteiger partial charge in [0.2, 0.25) is 15.9 Å². The lowest BCUT2D eigenvalue weighted by Gasteiger charge is -2.32. The van der Waals surface area contributed by atoms with E-state index in [1.807, 2.05) is 0 Å². The number of carbonyl (C=O) groups is 1. The van der Waals surface area contributed by atoms with Crippen LogP contribution in [0.1, 0.15) is 31.2 Å². The van der Waals surface area contributed by atoms with Crippen LogP contribution in [0.4, 0.5) is 0 Å². The number of hydroxylamine groups is 1. The Morgan fingerprint density at radius 2 is 1.65 bits per heavy atom. The zero-order chi connectivity index (χ0) is 22.6. The lowest BCUT2D eigenvalue weighted by Crippen LogP contribution is -2.37. The minimum absolute atomic E-state index is 0.0396. The summed E-state index contributed by atoms with van der Waals surface area (Å²) >= 11 is 16.0. The van der Waals surface area contributed by atoms with Gasteiger partial charge < -0.3 is 10.7 Å². The first kappa shape index (κ1) is 24.5. The quantitative estimate of drug-likeness (QED) is 0.471. The van der Waals surface area contributed by atoms with E-state index in [0.29, 0.717) is 41.3 Å². The zero-order valence-electron chi connectivity index (χ0n) is 16.6. The van der Waals surface area contributed by atoms with Crippen LogP contribution >= 0.6 is 39.1 Å². The average molecular weight is 549 g/mol. The Morgan fingerprint density at radius 3 is 2.19 bits per heavy atom. The number of hydrogen-bond acceptors (Lipinski definition) is 4. The highest BCUT2D eigenvalue weighted by Gasteiger charge is 2.32. The summed E-state index contributed by atoms with van der Waals surface area (Å²) in [5.74, 6) is -0.758. The number of hydrogen-bond donors (Lipinski definition) is 1. The van der Waals surface area contributed by atoms with Gasteiger partial charge in [0.05, 0.1) is 4.90 Å². The van der Waals surface area contributed by atoms with Crippen LogP contribution in [0.5, 0.6) is 0 Å². The first-order valence-electron chi connectivity index (χ1n) is 9.83. The molecule has 1 aliphatic carbocycles. The van der Waals surface area contributed by atoms with Gasteiger partial charge in [0.25, 0.3) is 0 Å². The zero-order valence-corrected chi connectivity index (χ0v) is 20.5. The van der Waals surface area contributed by atoms with Crippen LogP contribution in [0.2, 0.25) is 10.0 Å². The molecule has 0 unspecified atom stereocenters. The average Bonchev–Trinajstić information content (AvgIpc) is 2.75. The third kappa shape index (κ3) is 6.00. The van der Waals surface area contributed by atoms with Crippen LogP contribution in [-0.4, -0.2) is 25.2 Å². The summed E-state index contributed by atoms with van der Waals surface area (Å²) in [5.41, 5.74) is 2.00. The number of benzene rings is 2. The number of sulfonamides is 1. The van der Waals surface area contributed by atoms with Gasteiger partial charge in [-0.25, -0.2) is 8.42 Å². The van der Waals surface area contributed by atoms with Gasteiger partial charge in [-0.3, -0.25) is 4.79 Å². The molecule has 168 valence electrons. The Kier molecular flexibility index (Phi) is 8.40. The molecule has 0 radical (unpaired) electrons. The highest BCUT2D eigenvalue weighted by atomic mass is 79.9. The monoisotopic (exact) mass is 547 g/mol. The normalized spacial score (nSPS) is 19.4. The summed E-state index contributed by atoms with van der Waals surface area (Å²) in [6, 6.07) is 11.5. The molecule has 0 heterocycles. The molecule has 1 saturated carbocycles. The van der Waals surface area contributed by atoms with Crippen molar-refractivity contribution in [1.29, 1.82) is 0 Å². The van der Waals surface area contributed by atoms with Crippen LogP contribution in [-0.2, 0) is 21.4 Å². The van der Waals surface area contributed by atoms with Crippen molar-refractivity contribution in [3.05, 3.63) is 67.8 Å². The van der Waals surface area contributed by atoms with Gasteiger partial charge in [-0.2, -0.15) is 4.31 Å². The van der Waals surface area contributed by atoms with E-state index in [9.17, 15) is 18.4 Å². The highest BCUT2D eigenvalue weighted by molar-refractivity contribution is 9.10. The number of nitrogens with one attached hydrogen (secondary N) is 1. The molecule has 0 bridgehead atoms. The van der Waals surface area contributed by atoms with Gasteiger partial charge in [0.1, 0.15) is 0 Å². The molecular weight excluding hydrogens is 527 g/mol. The minimum Gasteiger partial charge on any atom is -0.759 e. The molecular formula is C21H22BrCl2N2O4S-. The lowest BCUT2D eigenvalue weighted by atomic mass is 9.81. The van der Waals surface area contributed by atoms with Crippen molar-refractivity contribution in [1.82, 2.24) is 9.79 Å². The predicted molar refractivity (Wildman–Crippen MR) is 125 cm³/mol. The molecule has 2 aromatic rings. The van der Waals surface area contributed by atoms with Crippen molar-refractivity contribution >= 4 is 55.1 Å². The molecule has 31 heavy (non-hydrogen) atoms. The maximum Gasteiger partial charge on any atom is 0.243 e. The smallest absolute Gasteiger partial charge is 0.243 e. The van der Waals surface area contributed by atoms with Crippen molar-refractivity contribution < 1.29 is 13.2 Å². The van der Waals surface area contributed by atoms with Gasteiger partial charge in [0.15, 0.2) is 0 Å². The molecule has 0 spiro atoms. The Labute approximate surface area is 200 Å². The van der Waals surface area contributed by atoms with E-state index in [4.69, 9.17) is 23.2 Å². The molecule has 1 fully saturated rings. The second kappa shape index (κ2) is 10.6. The fourth-order valence-electron chi connectivity index (χ4n) is 3.84. The van der Waals surface area contributed by atoms with Crippen LogP contribution < -0.4 is 5.48 Å². The first-order valence-corrected chi connectivity index (χ1v) is 12.8. The van der Waals surface area contributed by atoms with Crippen LogP contribution in [0.3, 0.4) is 0 Å². The SMILES string of the molecule is O=C(N[O-])C1CCC(CN(Cc2c(Cl)cccc2Cl)S(=O)(=O)c2ccc(Br)cc2)CC1. The van der Waals surface area contributed by atoms with E-state index in [1.54, 1.807) is 42.5 Å². The summed E-state index contributed by atoms with van der Waals surface area (Å²) in [5, 5.41) is 11.5. The third-order valence-corrected chi connectivity index (χ3v) is 8.69. The van der Waals surface area contributed by atoms with E-state index in [0.717, 1.165) is 4.47 Å². The van der Waals surface area contributed by atoms with Gasteiger partial charge in [-0.05, 0) is 68.0 Å². The summed E-state index contributed by atoms with van der Waals surface area (Å²) in [7, 11) is -3.82. The van der Waals surface area contributed by atoms with Crippen molar-refractivity contribution in [3.8, 4) is 0 Å². The highest BCUT2D eigenvalue weighted by Crippen LogP contribution is 2.33. The standard InChI is InChI=1S/C21H22BrCl2N2O4S/c22-16-8-10-17(11-9-16)31(29,30)26(13-18-19(23)2-1-3-20(18)24)12-14-4-6-15(7-5-14)21(27)25-28/h1-3,8-11,14-15H,4-7,12-13H2,(H-,25,27,28)/q-1. The van der Waals surface area contributed by atoms with Crippen molar-refractivity contribution in [2.75, 3.05) is 6.54 Å². The topological polar surface area (TPSA) is 89.5 Å². The molecule has 2 aromatic carbocycles. The predicted octanol–water partition coefficient (Wildman–Crippen LogP) is 5.37. The minimum atomic E-state index is -3.82. The molecule has 1 aliphatic rings. The summed E-state index contributed by atoms with van der Waals surface area (Å²) in [4.78, 5) is 11.8. The first-order chi connectivity index (χ1) is 14.7. The van der Waals surface area contributed by atoms with Gasteiger partial charge in [0, 0.05) is 39.1 Å². The fraction of sp³-hybridized carbons (Fsp3) is 0.381. The molecule has 1 amide bonds. The Hall–Kier alpha value is -1.16. The molecule has 1 N–H and O–H groups in total. The van der Waals surface area contributed by atoms with E-state index < -0.39 is 15.9 Å². The molecule has 0 atom stereocenters. The number of rotatable bonds is 7. The Bertz CT molecular complexity index is 1010. The molecule has 0 saturated heterocycles. The van der Waals surface area contributed by atoms with Crippen LogP contribution in [0.25, 0.3) is 0 Å². The Morgan fingerprint density at radius 1 is 1.06 bits per heavy atom. The second-order valence-corrected chi connectivity index (χ2v) is 11.3. The molecule has 0 aromatic heterocycles. The van der Waals surface area contributed by atoms with Crippen molar-refractivity contribution in [2.45, 2.75) is 37.1 Å². The van der Waals surface area contributed by atoms with Crippen molar-refractivity contribution in [2.24, 2.45) is 11.8 Å². The fourth-order valence-corrected chi connectivity index (χ4v) is 6.11. The number of halogens is 3. The van der Waals surface area contributed by atoms with Gasteiger partial charge >= 0.3 is 0 Å². The summed E-state index contributed by atoms with van der Waals surface area (Å²) < 4.78 is 29.1. The summed E-state index contributed by atoms with van der Waals surface area (Å²) in [6.45, 7) is 0.309. The molecule has 10 heteroatoms. The Balaban J connectivity index is 1.86. The van der Waals surface area contributed by atoms with Crippen molar-refractivity contribution in [3.63, 3.8) is 0 Å². The van der Waals surface area contributed by atoms with Crippen LogP contribution in [0.15, 0.2) is 51.8 Å². The largest absolute Gasteiger partial charge is 0.759 e. The van der Waals surface area contributed by atoms with E-state index in [2.05, 4.69) is 15.9 Å². The van der Waals surface area contributed by atoms with E-state index >= 15 is 0 Å². The van der Waals surface area contributed by atoms with Gasteiger partial charge in [-0.1, -0.05) is 45.2 Å². The molecule has 0 aliphatic heterocycles. The number of amides is 1. The summed E-state index contributed by atoms with van der Waals surface area (Å²) in [6.07, 6.45) is 2.41. The van der Waals surface area contributed by atoms with Gasteiger partial charge in [-0.15, -0.1) is 0 Å². The second-order valence-electron chi connectivity index (χ2n) is 7.64. The maximum atomic E-state index is 13.5. The van der Waals surface area contributed by atoms with E-state index in [-0.39, 0.29) is 29.8 Å². The maximum absolute atomic E-state index is 13.5. The van der Waals surface area contributed by atoms with Crippen LogP contribution in [0, 0.1) is 17.0 Å². The third-order valence-electron chi connectivity index (χ3n) is 5.63. The number of carbonyl (C=O) groups excluding carboxylic acids is 1. The molecule has 3 rings (SSSR count). The lowest BCUT2D eigenvalue weighted by molar-refractivity contribution is -0.125. The molecule has 6 nitrogen and oxygen atoms in total. The number of nitrogens with zero attached hydrogens (tertiary/aromatic N) is 1. The van der Waals surface area contributed by atoms with E-state index in [1.165, 1.54) is 9.79 Å².